The molecule has 0 saturated carbocycles. The third-order valence-electron chi connectivity index (χ3n) is 8.02. The maximum absolute atomic E-state index is 15.7. The minimum atomic E-state index is -0.681. The van der Waals surface area contributed by atoms with Gasteiger partial charge in [0.1, 0.15) is 29.9 Å². The monoisotopic (exact) mass is 635 g/mol. The lowest BCUT2D eigenvalue weighted by Crippen LogP contribution is -2.27. The number of benzene rings is 3. The number of aromatic nitrogens is 3. The van der Waals surface area contributed by atoms with Crippen molar-refractivity contribution in [3.05, 3.63) is 112 Å². The van der Waals surface area contributed by atoms with Gasteiger partial charge in [-0.1, -0.05) is 37.6 Å². The van der Waals surface area contributed by atoms with Crippen LogP contribution in [0.3, 0.4) is 0 Å². The Labute approximate surface area is 262 Å². The minimum Gasteiger partial charge on any atom is -0.473 e. The molecule has 5 aromatic rings. The quantitative estimate of drug-likeness (QED) is 0.163. The van der Waals surface area contributed by atoms with Gasteiger partial charge in [0.15, 0.2) is 0 Å². The maximum Gasteiger partial charge on any atom is 0.337 e. The van der Waals surface area contributed by atoms with Gasteiger partial charge >= 0.3 is 5.97 Å². The first-order chi connectivity index (χ1) is 21.5. The van der Waals surface area contributed by atoms with Crippen molar-refractivity contribution in [3.63, 3.8) is 0 Å². The van der Waals surface area contributed by atoms with Gasteiger partial charge in [-0.2, -0.15) is 0 Å². The lowest BCUT2D eigenvalue weighted by atomic mass is 9.87. The van der Waals surface area contributed by atoms with Crippen LogP contribution in [0.2, 0.25) is 5.02 Å². The Kier molecular flexibility index (Phi) is 8.28. The summed E-state index contributed by atoms with van der Waals surface area (Å²) in [6.07, 6.45) is -0.0128. The number of carbonyl (C=O) groups is 1. The lowest BCUT2D eigenvalue weighted by molar-refractivity contribution is 0.0601. The number of fused-ring (bicyclic) bond motifs is 1. The van der Waals surface area contributed by atoms with Crippen molar-refractivity contribution in [3.8, 4) is 17.1 Å². The first-order valence-electron chi connectivity index (χ1n) is 14.2. The molecular weight excluding hydrogens is 607 g/mol. The largest absolute Gasteiger partial charge is 0.473 e. The molecule has 0 N–H and O–H groups in total. The Morgan fingerprint density at radius 1 is 1.00 bits per heavy atom. The third kappa shape index (κ3) is 6.12. The van der Waals surface area contributed by atoms with Crippen LogP contribution in [0, 0.1) is 22.9 Å². The Hall–Kier alpha value is -4.41. The van der Waals surface area contributed by atoms with E-state index in [1.807, 2.05) is 4.57 Å². The fourth-order valence-corrected chi connectivity index (χ4v) is 5.72. The highest BCUT2D eigenvalue weighted by atomic mass is 35.5. The number of rotatable bonds is 8. The summed E-state index contributed by atoms with van der Waals surface area (Å²) >= 11 is 5.81. The predicted octanol–water partition coefficient (Wildman–Crippen LogP) is 7.72. The van der Waals surface area contributed by atoms with Crippen molar-refractivity contribution in [2.75, 3.05) is 20.3 Å². The van der Waals surface area contributed by atoms with Crippen LogP contribution in [0.15, 0.2) is 66.7 Å². The van der Waals surface area contributed by atoms with Crippen LogP contribution < -0.4 is 4.74 Å². The third-order valence-corrected chi connectivity index (χ3v) is 8.26. The average molecular weight is 636 g/mol. The number of halogens is 4. The Morgan fingerprint density at radius 2 is 1.80 bits per heavy atom. The molecule has 3 heterocycles. The molecule has 1 aliphatic heterocycles. The van der Waals surface area contributed by atoms with Crippen LogP contribution in [0.1, 0.15) is 47.2 Å². The molecule has 1 saturated heterocycles. The number of ether oxygens (including phenoxy) is 3. The summed E-state index contributed by atoms with van der Waals surface area (Å²) in [5.74, 6) is -1.71. The summed E-state index contributed by atoms with van der Waals surface area (Å²) in [6, 6.07) is 16.0. The first-order valence-corrected chi connectivity index (χ1v) is 14.6. The molecule has 2 aromatic heterocycles. The van der Waals surface area contributed by atoms with E-state index in [9.17, 15) is 9.18 Å². The molecule has 0 unspecified atom stereocenters. The molecule has 1 atom stereocenters. The molecule has 232 valence electrons. The molecule has 11 heteroatoms. The molecule has 1 aliphatic rings. The van der Waals surface area contributed by atoms with Gasteiger partial charge in [0.05, 0.1) is 48.7 Å². The molecule has 7 nitrogen and oxygen atoms in total. The van der Waals surface area contributed by atoms with E-state index in [0.29, 0.717) is 35.6 Å². The first kappa shape index (κ1) is 30.6. The van der Waals surface area contributed by atoms with Crippen molar-refractivity contribution in [2.24, 2.45) is 5.41 Å². The van der Waals surface area contributed by atoms with E-state index in [2.05, 4.69) is 18.8 Å². The van der Waals surface area contributed by atoms with Gasteiger partial charge in [-0.25, -0.2) is 27.9 Å². The van der Waals surface area contributed by atoms with Crippen molar-refractivity contribution in [1.29, 1.82) is 0 Å². The van der Waals surface area contributed by atoms with Gasteiger partial charge in [-0.05, 0) is 54.1 Å². The maximum atomic E-state index is 15.7. The second kappa shape index (κ2) is 12.2. The Balaban J connectivity index is 1.31. The number of pyridine rings is 1. The van der Waals surface area contributed by atoms with Crippen LogP contribution >= 0.6 is 11.6 Å². The highest BCUT2D eigenvalue weighted by molar-refractivity contribution is 6.30. The van der Waals surface area contributed by atoms with Gasteiger partial charge in [-0.15, -0.1) is 0 Å². The molecule has 45 heavy (non-hydrogen) atoms. The number of methoxy groups -OCH3 is 1. The molecule has 3 aromatic carbocycles. The van der Waals surface area contributed by atoms with E-state index >= 15 is 8.78 Å². The fraction of sp³-hybridized carbons (Fsp3) is 0.265. The topological polar surface area (TPSA) is 75.5 Å². The van der Waals surface area contributed by atoms with Crippen LogP contribution in [-0.2, 0) is 22.5 Å². The van der Waals surface area contributed by atoms with Crippen molar-refractivity contribution < 1.29 is 32.2 Å². The summed E-state index contributed by atoms with van der Waals surface area (Å²) in [5.41, 5.74) is 1.82. The number of imidazole rings is 1. The average Bonchev–Trinajstić information content (AvgIpc) is 3.55. The second-order valence-electron chi connectivity index (χ2n) is 11.6. The summed E-state index contributed by atoms with van der Waals surface area (Å²) in [7, 11) is 1.31. The molecule has 0 radical (unpaired) electrons. The van der Waals surface area contributed by atoms with Crippen molar-refractivity contribution >= 4 is 28.6 Å². The van der Waals surface area contributed by atoms with Gasteiger partial charge in [0.2, 0.25) is 5.88 Å². The predicted molar refractivity (Wildman–Crippen MR) is 163 cm³/mol. The zero-order valence-electron chi connectivity index (χ0n) is 24.7. The Morgan fingerprint density at radius 3 is 2.53 bits per heavy atom. The lowest BCUT2D eigenvalue weighted by Gasteiger charge is -2.28. The number of hydrogen-bond acceptors (Lipinski definition) is 6. The van der Waals surface area contributed by atoms with E-state index in [-0.39, 0.29) is 57.8 Å². The molecule has 1 fully saturated rings. The van der Waals surface area contributed by atoms with E-state index in [0.717, 1.165) is 12.1 Å². The van der Waals surface area contributed by atoms with Crippen LogP contribution in [0.25, 0.3) is 22.3 Å². The van der Waals surface area contributed by atoms with E-state index in [1.54, 1.807) is 36.4 Å². The molecule has 6 rings (SSSR count). The summed E-state index contributed by atoms with van der Waals surface area (Å²) in [5, 5.41) is 0.263. The summed E-state index contributed by atoms with van der Waals surface area (Å²) in [4.78, 5) is 21.4. The standard InChI is InChI=1S/C34H29ClF3N3O4/c1-34(2)18-44-17-30(34)41-29-12-19(33(42)43-3)8-10-28(29)39-31(41)13-21-11-26(38)23(15-25(21)37)27-5-4-6-32(40-27)45-16-20-7-9-22(35)14-24(20)36/h4-12,14-15,30H,13,16-18H2,1-3H3/t30-/m1/s1. The minimum absolute atomic E-state index is 0.0128. The highest BCUT2D eigenvalue weighted by Gasteiger charge is 2.39. The zero-order valence-corrected chi connectivity index (χ0v) is 25.5. The van der Waals surface area contributed by atoms with E-state index in [1.165, 1.54) is 25.3 Å². The number of carbonyl (C=O) groups excluding carboxylic acids is 1. The zero-order chi connectivity index (χ0) is 31.9. The number of hydrogen-bond donors (Lipinski definition) is 0. The second-order valence-corrected chi connectivity index (χ2v) is 12.0. The normalized spacial score (nSPS) is 15.8. The van der Waals surface area contributed by atoms with E-state index in [4.69, 9.17) is 30.8 Å². The Bertz CT molecular complexity index is 1930. The molecule has 0 spiro atoms. The van der Waals surface area contributed by atoms with Crippen molar-refractivity contribution in [1.82, 2.24) is 14.5 Å². The molecule has 0 amide bonds. The highest BCUT2D eigenvalue weighted by Crippen LogP contribution is 2.40. The fourth-order valence-electron chi connectivity index (χ4n) is 5.57. The SMILES string of the molecule is COC(=O)c1ccc2nc(Cc3cc(F)c(-c4cccc(OCc5ccc(Cl)cc5F)n4)cc3F)n([C@@H]3COCC3(C)C)c2c1. The van der Waals surface area contributed by atoms with Crippen LogP contribution in [0.4, 0.5) is 13.2 Å². The summed E-state index contributed by atoms with van der Waals surface area (Å²) < 4.78 is 63.7. The van der Waals surface area contributed by atoms with Crippen molar-refractivity contribution in [2.45, 2.75) is 32.9 Å². The molecule has 0 aliphatic carbocycles. The van der Waals surface area contributed by atoms with Gasteiger partial charge < -0.3 is 18.8 Å². The van der Waals surface area contributed by atoms with Crippen LogP contribution in [-0.4, -0.2) is 40.8 Å². The smallest absolute Gasteiger partial charge is 0.337 e. The van der Waals surface area contributed by atoms with E-state index < -0.39 is 23.4 Å². The van der Waals surface area contributed by atoms with Gasteiger partial charge in [0.25, 0.3) is 0 Å². The molecular formula is C34H29ClF3N3O4. The number of nitrogens with zero attached hydrogens (tertiary/aromatic N) is 3. The molecule has 0 bridgehead atoms. The van der Waals surface area contributed by atoms with Gasteiger partial charge in [-0.3, -0.25) is 0 Å². The number of esters is 1. The summed E-state index contributed by atoms with van der Waals surface area (Å²) in [6.45, 7) is 4.92. The van der Waals surface area contributed by atoms with Crippen LogP contribution in [0.5, 0.6) is 5.88 Å². The van der Waals surface area contributed by atoms with Gasteiger partial charge in [0, 0.05) is 34.1 Å².